The fraction of sp³-hybridized carbons (Fsp3) is 0.154. The second-order valence-corrected chi connectivity index (χ2v) is 4.99. The molecule has 3 aromatic rings. The maximum Gasteiger partial charge on any atom is 0.126 e. The number of hydrogen-bond donors (Lipinski definition) is 1. The maximum atomic E-state index is 10.5. The smallest absolute Gasteiger partial charge is 0.126 e. The lowest BCUT2D eigenvalue weighted by molar-refractivity contribution is -0.107. The predicted molar refractivity (Wildman–Crippen MR) is 71.7 cm³/mol. The van der Waals surface area contributed by atoms with Crippen molar-refractivity contribution in [2.45, 2.75) is 13.3 Å². The molecule has 5 heteroatoms. The van der Waals surface area contributed by atoms with Crippen LogP contribution in [0, 0.1) is 6.92 Å². The van der Waals surface area contributed by atoms with Crippen LogP contribution in [0.25, 0.3) is 22.3 Å². The molecule has 2 heterocycles. The highest BCUT2D eigenvalue weighted by atomic mass is 32.1. The molecule has 4 nitrogen and oxygen atoms in total. The molecule has 2 aromatic heterocycles. The highest BCUT2D eigenvalue weighted by Crippen LogP contribution is 2.25. The lowest BCUT2D eigenvalue weighted by atomic mass is 10.1. The van der Waals surface area contributed by atoms with Crippen molar-refractivity contribution in [1.82, 2.24) is 15.0 Å². The zero-order chi connectivity index (χ0) is 12.5. The summed E-state index contributed by atoms with van der Waals surface area (Å²) in [6.45, 7) is 1.94. The number of rotatable bonds is 3. The largest absolute Gasteiger partial charge is 0.342 e. The molecule has 1 aromatic carbocycles. The molecule has 90 valence electrons. The van der Waals surface area contributed by atoms with Crippen molar-refractivity contribution in [3.8, 4) is 11.3 Å². The molecule has 0 saturated heterocycles. The molecule has 0 saturated carbocycles. The molecule has 0 aliphatic heterocycles. The Labute approximate surface area is 108 Å². The van der Waals surface area contributed by atoms with Gasteiger partial charge in [0.25, 0.3) is 0 Å². The van der Waals surface area contributed by atoms with Crippen molar-refractivity contribution in [2.75, 3.05) is 0 Å². The Hall–Kier alpha value is -2.01. The minimum absolute atomic E-state index is 0.385. The third-order valence-corrected chi connectivity index (χ3v) is 3.58. The van der Waals surface area contributed by atoms with Crippen molar-refractivity contribution in [3.63, 3.8) is 0 Å². The van der Waals surface area contributed by atoms with Gasteiger partial charge < -0.3 is 9.78 Å². The molecule has 0 aliphatic rings. The summed E-state index contributed by atoms with van der Waals surface area (Å²) < 4.78 is 0. The van der Waals surface area contributed by atoms with Gasteiger partial charge in [-0.15, -0.1) is 11.3 Å². The fourth-order valence-electron chi connectivity index (χ4n) is 1.91. The third kappa shape index (κ3) is 1.93. The molecule has 0 radical (unpaired) electrons. The third-order valence-electron chi connectivity index (χ3n) is 2.71. The van der Waals surface area contributed by atoms with Crippen molar-refractivity contribution >= 4 is 28.7 Å². The van der Waals surface area contributed by atoms with Crippen LogP contribution in [0.15, 0.2) is 23.6 Å². The van der Waals surface area contributed by atoms with E-state index in [9.17, 15) is 4.79 Å². The Morgan fingerprint density at radius 2 is 2.28 bits per heavy atom. The van der Waals surface area contributed by atoms with E-state index in [0.29, 0.717) is 6.42 Å². The van der Waals surface area contributed by atoms with Crippen LogP contribution in [0.3, 0.4) is 0 Å². The lowest BCUT2D eigenvalue weighted by Gasteiger charge is -1.96. The van der Waals surface area contributed by atoms with Crippen molar-refractivity contribution in [2.24, 2.45) is 0 Å². The second kappa shape index (κ2) is 4.34. The summed E-state index contributed by atoms with van der Waals surface area (Å²) in [5.74, 6) is 0.905. The minimum Gasteiger partial charge on any atom is -0.342 e. The van der Waals surface area contributed by atoms with Crippen LogP contribution < -0.4 is 0 Å². The molecule has 0 amide bonds. The molecule has 0 unspecified atom stereocenters. The van der Waals surface area contributed by atoms with Crippen molar-refractivity contribution < 1.29 is 4.79 Å². The first kappa shape index (κ1) is 11.1. The number of aldehydes is 1. The number of aromatic nitrogens is 3. The average molecular weight is 257 g/mol. The van der Waals surface area contributed by atoms with Gasteiger partial charge in [-0.3, -0.25) is 0 Å². The lowest BCUT2D eigenvalue weighted by Crippen LogP contribution is -1.84. The molecule has 1 N–H and O–H groups in total. The van der Waals surface area contributed by atoms with E-state index in [0.717, 1.165) is 39.4 Å². The number of aromatic amines is 1. The number of H-pyrrole nitrogens is 1. The van der Waals surface area contributed by atoms with Gasteiger partial charge in [0.1, 0.15) is 17.1 Å². The zero-order valence-electron chi connectivity index (χ0n) is 9.80. The summed E-state index contributed by atoms with van der Waals surface area (Å²) >= 11 is 1.51. The van der Waals surface area contributed by atoms with E-state index in [1.807, 2.05) is 30.5 Å². The topological polar surface area (TPSA) is 58.6 Å². The number of imidazole rings is 1. The minimum atomic E-state index is 0.385. The van der Waals surface area contributed by atoms with Crippen LogP contribution in [-0.4, -0.2) is 21.2 Å². The number of nitrogens with zero attached hydrogens (tertiary/aromatic N) is 2. The van der Waals surface area contributed by atoms with Crippen LogP contribution in [0.1, 0.15) is 10.8 Å². The van der Waals surface area contributed by atoms with Gasteiger partial charge in [-0.05, 0) is 19.1 Å². The Morgan fingerprint density at radius 3 is 3.11 bits per heavy atom. The SMILES string of the molecule is Cc1nc2ccc(-c3csc(CC=O)n3)cc2[nH]1. The van der Waals surface area contributed by atoms with Gasteiger partial charge >= 0.3 is 0 Å². The average Bonchev–Trinajstić information content (AvgIpc) is 2.93. The zero-order valence-corrected chi connectivity index (χ0v) is 10.6. The first-order chi connectivity index (χ1) is 8.76. The Morgan fingerprint density at radius 1 is 1.39 bits per heavy atom. The normalized spacial score (nSPS) is 10.9. The molecule has 0 aliphatic carbocycles. The fourth-order valence-corrected chi connectivity index (χ4v) is 2.66. The number of carbonyl (C=O) groups is 1. The van der Waals surface area contributed by atoms with Gasteiger partial charge in [0.15, 0.2) is 0 Å². The molecule has 18 heavy (non-hydrogen) atoms. The first-order valence-electron chi connectivity index (χ1n) is 5.61. The highest BCUT2D eigenvalue weighted by Gasteiger charge is 2.06. The van der Waals surface area contributed by atoms with Crippen LogP contribution in [0.2, 0.25) is 0 Å². The van der Waals surface area contributed by atoms with Gasteiger partial charge in [-0.25, -0.2) is 9.97 Å². The van der Waals surface area contributed by atoms with E-state index >= 15 is 0 Å². The molecular weight excluding hydrogens is 246 g/mol. The van der Waals surface area contributed by atoms with Crippen molar-refractivity contribution in [1.29, 1.82) is 0 Å². The van der Waals surface area contributed by atoms with Crippen LogP contribution >= 0.6 is 11.3 Å². The molecule has 0 bridgehead atoms. The Bertz CT molecular complexity index is 714. The van der Waals surface area contributed by atoms with Crippen LogP contribution in [0.4, 0.5) is 0 Å². The van der Waals surface area contributed by atoms with E-state index < -0.39 is 0 Å². The van der Waals surface area contributed by atoms with Crippen LogP contribution in [0.5, 0.6) is 0 Å². The van der Waals surface area contributed by atoms with E-state index in [1.54, 1.807) is 0 Å². The second-order valence-electron chi connectivity index (χ2n) is 4.05. The van der Waals surface area contributed by atoms with Gasteiger partial charge in [0.05, 0.1) is 23.1 Å². The van der Waals surface area contributed by atoms with Gasteiger partial charge in [0.2, 0.25) is 0 Å². The summed E-state index contributed by atoms with van der Waals surface area (Å²) in [6.07, 6.45) is 1.26. The number of hydrogen-bond acceptors (Lipinski definition) is 4. The molecule has 0 atom stereocenters. The number of nitrogens with one attached hydrogen (secondary N) is 1. The van der Waals surface area contributed by atoms with E-state index in [-0.39, 0.29) is 0 Å². The van der Waals surface area contributed by atoms with Crippen LogP contribution in [-0.2, 0) is 11.2 Å². The van der Waals surface area contributed by atoms with E-state index in [2.05, 4.69) is 15.0 Å². The molecule has 0 spiro atoms. The molecule has 3 rings (SSSR count). The van der Waals surface area contributed by atoms with Gasteiger partial charge in [-0.2, -0.15) is 0 Å². The van der Waals surface area contributed by atoms with Gasteiger partial charge in [0, 0.05) is 10.9 Å². The summed E-state index contributed by atoms with van der Waals surface area (Å²) in [4.78, 5) is 22.5. The number of fused-ring (bicyclic) bond motifs is 1. The van der Waals surface area contributed by atoms with E-state index in [1.165, 1.54) is 11.3 Å². The standard InChI is InChI=1S/C13H11N3OS/c1-8-14-10-3-2-9(6-11(10)15-8)12-7-18-13(16-12)4-5-17/h2-3,5-7H,4H2,1H3,(H,14,15). The first-order valence-corrected chi connectivity index (χ1v) is 6.49. The monoisotopic (exact) mass is 257 g/mol. The Balaban J connectivity index is 2.03. The Kier molecular flexibility index (Phi) is 2.68. The number of thiazole rings is 1. The highest BCUT2D eigenvalue weighted by molar-refractivity contribution is 7.10. The predicted octanol–water partition coefficient (Wildman–Crippen LogP) is 2.74. The van der Waals surface area contributed by atoms with E-state index in [4.69, 9.17) is 0 Å². The number of benzene rings is 1. The maximum absolute atomic E-state index is 10.5. The summed E-state index contributed by atoms with van der Waals surface area (Å²) in [5, 5.41) is 2.82. The van der Waals surface area contributed by atoms with Gasteiger partial charge in [-0.1, -0.05) is 6.07 Å². The number of aryl methyl sites for hydroxylation is 1. The molecular formula is C13H11N3OS. The summed E-state index contributed by atoms with van der Waals surface area (Å²) in [7, 11) is 0. The quantitative estimate of drug-likeness (QED) is 0.734. The molecule has 0 fully saturated rings. The number of carbonyl (C=O) groups excluding carboxylic acids is 1. The van der Waals surface area contributed by atoms with Crippen molar-refractivity contribution in [3.05, 3.63) is 34.4 Å². The summed E-state index contributed by atoms with van der Waals surface area (Å²) in [6, 6.07) is 6.02. The summed E-state index contributed by atoms with van der Waals surface area (Å²) in [5.41, 5.74) is 3.92.